The monoisotopic (exact) mass is 301 g/mol. The third kappa shape index (κ3) is 3.96. The quantitative estimate of drug-likeness (QED) is 0.806. The third-order valence-electron chi connectivity index (χ3n) is 3.23. The Morgan fingerprint density at radius 3 is 2.19 bits per heavy atom. The lowest BCUT2D eigenvalue weighted by Gasteiger charge is -2.15. The lowest BCUT2D eigenvalue weighted by Crippen LogP contribution is -2.32. The number of esters is 1. The number of rotatable bonds is 3. The Bertz CT molecular complexity index is 519. The van der Waals surface area contributed by atoms with Gasteiger partial charge in [-0.05, 0) is 37.1 Å². The molecule has 4 nitrogen and oxygen atoms in total. The summed E-state index contributed by atoms with van der Waals surface area (Å²) in [5, 5.41) is 0. The van der Waals surface area contributed by atoms with Gasteiger partial charge in [0.05, 0.1) is 11.1 Å². The van der Waals surface area contributed by atoms with Crippen LogP contribution in [0.4, 0.5) is 13.2 Å². The fourth-order valence-electron chi connectivity index (χ4n) is 2.06. The molecular weight excluding hydrogens is 287 g/mol. The van der Waals surface area contributed by atoms with Crippen molar-refractivity contribution in [2.45, 2.75) is 19.0 Å². The molecule has 1 aromatic carbocycles. The molecule has 0 bridgehead atoms. The highest BCUT2D eigenvalue weighted by Crippen LogP contribution is 2.29. The van der Waals surface area contributed by atoms with Gasteiger partial charge in [-0.15, -0.1) is 0 Å². The van der Waals surface area contributed by atoms with Crippen molar-refractivity contribution in [2.75, 3.05) is 19.7 Å². The average molecular weight is 301 g/mol. The third-order valence-corrected chi connectivity index (χ3v) is 3.23. The van der Waals surface area contributed by atoms with Crippen LogP contribution in [-0.2, 0) is 15.7 Å². The number of hydrogen-bond acceptors (Lipinski definition) is 3. The summed E-state index contributed by atoms with van der Waals surface area (Å²) < 4.78 is 42.0. The molecule has 7 heteroatoms. The number of hydrogen-bond donors (Lipinski definition) is 0. The minimum absolute atomic E-state index is 0.0165. The van der Waals surface area contributed by atoms with E-state index < -0.39 is 17.7 Å². The van der Waals surface area contributed by atoms with Crippen molar-refractivity contribution >= 4 is 11.9 Å². The minimum atomic E-state index is -4.45. The molecule has 1 aliphatic rings. The fourth-order valence-corrected chi connectivity index (χ4v) is 2.06. The van der Waals surface area contributed by atoms with E-state index in [0.29, 0.717) is 13.1 Å². The number of carbonyl (C=O) groups excluding carboxylic acids is 2. The van der Waals surface area contributed by atoms with Crippen LogP contribution in [0.25, 0.3) is 0 Å². The van der Waals surface area contributed by atoms with Gasteiger partial charge in [-0.2, -0.15) is 13.2 Å². The number of alkyl halides is 3. The normalized spacial score (nSPS) is 15.1. The Morgan fingerprint density at radius 1 is 1.10 bits per heavy atom. The van der Waals surface area contributed by atoms with Gasteiger partial charge >= 0.3 is 12.1 Å². The average Bonchev–Trinajstić information content (AvgIpc) is 2.98. The first kappa shape index (κ1) is 15.3. The molecule has 0 radical (unpaired) electrons. The Balaban J connectivity index is 1.89. The van der Waals surface area contributed by atoms with E-state index >= 15 is 0 Å². The Morgan fingerprint density at radius 2 is 1.67 bits per heavy atom. The van der Waals surface area contributed by atoms with Crippen molar-refractivity contribution in [3.8, 4) is 0 Å². The maximum atomic E-state index is 12.4. The molecule has 1 aromatic rings. The predicted octanol–water partition coefficient (Wildman–Crippen LogP) is 2.48. The van der Waals surface area contributed by atoms with E-state index in [1.54, 1.807) is 4.90 Å². The van der Waals surface area contributed by atoms with Gasteiger partial charge in [0.2, 0.25) is 0 Å². The van der Waals surface area contributed by atoms with Gasteiger partial charge in [0.25, 0.3) is 5.91 Å². The maximum Gasteiger partial charge on any atom is 0.416 e. The zero-order chi connectivity index (χ0) is 15.5. The van der Waals surface area contributed by atoms with Crippen molar-refractivity contribution in [3.63, 3.8) is 0 Å². The number of nitrogens with zero attached hydrogens (tertiary/aromatic N) is 1. The zero-order valence-electron chi connectivity index (χ0n) is 11.2. The maximum absolute atomic E-state index is 12.4. The molecule has 1 fully saturated rings. The second kappa shape index (κ2) is 6.15. The summed E-state index contributed by atoms with van der Waals surface area (Å²) in [4.78, 5) is 24.9. The number of carbonyl (C=O) groups is 2. The Labute approximate surface area is 119 Å². The molecule has 21 heavy (non-hydrogen) atoms. The molecule has 1 aliphatic heterocycles. The van der Waals surface area contributed by atoms with E-state index in [0.717, 1.165) is 37.1 Å². The van der Waals surface area contributed by atoms with Crippen LogP contribution in [-0.4, -0.2) is 36.5 Å². The first-order chi connectivity index (χ1) is 9.88. The molecule has 1 heterocycles. The second-order valence-electron chi connectivity index (χ2n) is 4.74. The summed E-state index contributed by atoms with van der Waals surface area (Å²) in [6, 6.07) is 3.68. The Kier molecular flexibility index (Phi) is 4.50. The minimum Gasteiger partial charge on any atom is -0.452 e. The first-order valence-corrected chi connectivity index (χ1v) is 6.50. The van der Waals surface area contributed by atoms with E-state index in [2.05, 4.69) is 0 Å². The van der Waals surface area contributed by atoms with Crippen LogP contribution >= 0.6 is 0 Å². The highest BCUT2D eigenvalue weighted by atomic mass is 19.4. The lowest BCUT2D eigenvalue weighted by atomic mass is 10.1. The number of amides is 1. The summed E-state index contributed by atoms with van der Waals surface area (Å²) in [5.74, 6) is -1.09. The smallest absolute Gasteiger partial charge is 0.416 e. The van der Waals surface area contributed by atoms with Gasteiger partial charge in [-0.25, -0.2) is 4.79 Å². The van der Waals surface area contributed by atoms with E-state index in [9.17, 15) is 22.8 Å². The van der Waals surface area contributed by atoms with Crippen LogP contribution < -0.4 is 0 Å². The highest BCUT2D eigenvalue weighted by molar-refractivity contribution is 5.91. The first-order valence-electron chi connectivity index (χ1n) is 6.50. The van der Waals surface area contributed by atoms with Gasteiger partial charge < -0.3 is 9.64 Å². The van der Waals surface area contributed by atoms with Gasteiger partial charge in [-0.3, -0.25) is 4.79 Å². The molecule has 0 aromatic heterocycles. The summed E-state index contributed by atoms with van der Waals surface area (Å²) in [6.07, 6.45) is -2.59. The standard InChI is InChI=1S/C14H14F3NO3/c15-14(16,17)11-5-3-10(4-6-11)13(20)21-9-12(19)18-7-1-2-8-18/h3-6H,1-2,7-9H2. The summed E-state index contributed by atoms with van der Waals surface area (Å²) in [6.45, 7) is 0.910. The molecule has 1 saturated heterocycles. The van der Waals surface area contributed by atoms with E-state index in [-0.39, 0.29) is 18.1 Å². The molecule has 0 unspecified atom stereocenters. The number of likely N-dealkylation sites (tertiary alicyclic amines) is 1. The molecule has 114 valence electrons. The molecular formula is C14H14F3NO3. The van der Waals surface area contributed by atoms with Crippen LogP contribution in [0.1, 0.15) is 28.8 Å². The van der Waals surface area contributed by atoms with E-state index in [1.807, 2.05) is 0 Å². The van der Waals surface area contributed by atoms with Gasteiger partial charge in [-0.1, -0.05) is 0 Å². The fraction of sp³-hybridized carbons (Fsp3) is 0.429. The van der Waals surface area contributed by atoms with Gasteiger partial charge in [0, 0.05) is 13.1 Å². The molecule has 0 saturated carbocycles. The van der Waals surface area contributed by atoms with Gasteiger partial charge in [0.1, 0.15) is 0 Å². The lowest BCUT2D eigenvalue weighted by molar-refractivity contribution is -0.137. The van der Waals surface area contributed by atoms with Crippen LogP contribution in [0.15, 0.2) is 24.3 Å². The number of benzene rings is 1. The number of halogens is 3. The molecule has 2 rings (SSSR count). The zero-order valence-corrected chi connectivity index (χ0v) is 11.2. The second-order valence-corrected chi connectivity index (χ2v) is 4.74. The van der Waals surface area contributed by atoms with Crippen molar-refractivity contribution in [1.82, 2.24) is 4.90 Å². The van der Waals surface area contributed by atoms with Crippen molar-refractivity contribution in [1.29, 1.82) is 0 Å². The van der Waals surface area contributed by atoms with Crippen LogP contribution in [0, 0.1) is 0 Å². The SMILES string of the molecule is O=C(OCC(=O)N1CCCC1)c1ccc(C(F)(F)F)cc1. The summed E-state index contributed by atoms with van der Waals surface area (Å²) in [5.41, 5.74) is -0.857. The van der Waals surface area contributed by atoms with Gasteiger partial charge in [0.15, 0.2) is 6.61 Å². The topological polar surface area (TPSA) is 46.6 Å². The predicted molar refractivity (Wildman–Crippen MR) is 67.5 cm³/mol. The van der Waals surface area contributed by atoms with Crippen LogP contribution in [0.5, 0.6) is 0 Å². The number of ether oxygens (including phenoxy) is 1. The van der Waals surface area contributed by atoms with E-state index in [1.165, 1.54) is 0 Å². The van der Waals surface area contributed by atoms with Crippen molar-refractivity contribution in [3.05, 3.63) is 35.4 Å². The molecule has 0 N–H and O–H groups in total. The highest BCUT2D eigenvalue weighted by Gasteiger charge is 2.30. The Hall–Kier alpha value is -2.05. The van der Waals surface area contributed by atoms with Crippen LogP contribution in [0.2, 0.25) is 0 Å². The molecule has 1 amide bonds. The van der Waals surface area contributed by atoms with E-state index in [4.69, 9.17) is 4.74 Å². The largest absolute Gasteiger partial charge is 0.452 e. The molecule has 0 atom stereocenters. The molecule has 0 spiro atoms. The summed E-state index contributed by atoms with van der Waals surface area (Å²) >= 11 is 0. The molecule has 0 aliphatic carbocycles. The van der Waals surface area contributed by atoms with Crippen molar-refractivity contribution < 1.29 is 27.5 Å². The van der Waals surface area contributed by atoms with Crippen molar-refractivity contribution in [2.24, 2.45) is 0 Å². The summed E-state index contributed by atoms with van der Waals surface area (Å²) in [7, 11) is 0. The van der Waals surface area contributed by atoms with Crippen LogP contribution in [0.3, 0.4) is 0 Å².